The van der Waals surface area contributed by atoms with Gasteiger partial charge in [0.1, 0.15) is 0 Å². The molecular weight excluding hydrogens is 368 g/mol. The van der Waals surface area contributed by atoms with E-state index in [1.165, 1.54) is 44.1 Å². The summed E-state index contributed by atoms with van der Waals surface area (Å²) in [6.07, 6.45) is 18.4. The minimum absolute atomic E-state index is 0.207. The quantitative estimate of drug-likeness (QED) is 0.494. The summed E-state index contributed by atoms with van der Waals surface area (Å²) in [5.74, 6) is 3.00. The number of carboxylic acids is 1. The van der Waals surface area contributed by atoms with E-state index in [0.717, 1.165) is 42.9 Å². The lowest BCUT2D eigenvalue weighted by Gasteiger charge is -2.56. The first-order chi connectivity index (χ1) is 14.2. The fourth-order valence-corrected chi connectivity index (χ4v) is 8.13. The van der Waals surface area contributed by atoms with Gasteiger partial charge < -0.3 is 5.11 Å². The summed E-state index contributed by atoms with van der Waals surface area (Å²) in [7, 11) is 0. The van der Waals surface area contributed by atoms with Crippen LogP contribution in [0.3, 0.4) is 0 Å². The van der Waals surface area contributed by atoms with Crippen molar-refractivity contribution in [1.29, 1.82) is 0 Å². The molecule has 0 bridgehead atoms. The predicted octanol–water partition coefficient (Wildman–Crippen LogP) is 7.42. The standard InChI is InChI=1S/C28H42O2/c1-18-13-15-27(4)21(17-18)9-10-22-24-12-11-23(28(24,5)16-14-25(22)27)19(2)7-6-8-20(3)26(29)30/h9-10,17,19-20,22-25H,1,6-8,11-16H2,2-5H3,(H,29,30). The second-order valence-electron chi connectivity index (χ2n) is 11.7. The molecule has 0 aliphatic heterocycles. The molecule has 166 valence electrons. The minimum Gasteiger partial charge on any atom is -0.481 e. The normalized spacial score (nSPS) is 42.0. The molecule has 8 unspecified atom stereocenters. The monoisotopic (exact) mass is 410 g/mol. The Morgan fingerprint density at radius 3 is 2.67 bits per heavy atom. The van der Waals surface area contributed by atoms with Crippen LogP contribution in [0.1, 0.15) is 85.5 Å². The average Bonchev–Trinajstić information content (AvgIpc) is 3.05. The molecule has 8 atom stereocenters. The van der Waals surface area contributed by atoms with Crippen LogP contribution >= 0.6 is 0 Å². The van der Waals surface area contributed by atoms with Gasteiger partial charge in [0.2, 0.25) is 0 Å². The predicted molar refractivity (Wildman–Crippen MR) is 124 cm³/mol. The fraction of sp³-hybridized carbons (Fsp3) is 0.750. The van der Waals surface area contributed by atoms with Crippen molar-refractivity contribution in [3.63, 3.8) is 0 Å². The Kier molecular flexibility index (Phi) is 5.83. The molecule has 0 radical (unpaired) electrons. The van der Waals surface area contributed by atoms with E-state index in [4.69, 9.17) is 5.11 Å². The highest BCUT2D eigenvalue weighted by Crippen LogP contribution is 2.66. The van der Waals surface area contributed by atoms with Crippen molar-refractivity contribution >= 4 is 5.97 Å². The molecule has 0 saturated heterocycles. The molecule has 4 rings (SSSR count). The largest absolute Gasteiger partial charge is 0.481 e. The van der Waals surface area contributed by atoms with E-state index >= 15 is 0 Å². The Morgan fingerprint density at radius 2 is 1.93 bits per heavy atom. The second kappa shape index (κ2) is 7.99. The first-order valence-corrected chi connectivity index (χ1v) is 12.5. The number of carbonyl (C=O) groups is 1. The third-order valence-corrected chi connectivity index (χ3v) is 10.1. The van der Waals surface area contributed by atoms with Gasteiger partial charge in [0.25, 0.3) is 0 Å². The maximum Gasteiger partial charge on any atom is 0.306 e. The van der Waals surface area contributed by atoms with Gasteiger partial charge >= 0.3 is 5.97 Å². The summed E-state index contributed by atoms with van der Waals surface area (Å²) in [6.45, 7) is 13.7. The number of hydrogen-bond acceptors (Lipinski definition) is 1. The summed E-state index contributed by atoms with van der Waals surface area (Å²) < 4.78 is 0. The number of rotatable bonds is 6. The highest BCUT2D eigenvalue weighted by Gasteiger charge is 2.58. The third kappa shape index (κ3) is 3.53. The number of aliphatic carboxylic acids is 1. The van der Waals surface area contributed by atoms with Crippen LogP contribution in [0, 0.1) is 46.3 Å². The number of allylic oxidation sites excluding steroid dienone is 5. The topological polar surface area (TPSA) is 37.3 Å². The molecule has 0 aromatic rings. The molecule has 0 aromatic carbocycles. The van der Waals surface area contributed by atoms with Gasteiger partial charge in [-0.05, 0) is 90.9 Å². The lowest BCUT2D eigenvalue weighted by atomic mass is 9.48. The number of fused-ring (bicyclic) bond motifs is 5. The number of carboxylic acid groups (broad SMARTS) is 1. The molecule has 1 N–H and O–H groups in total. The van der Waals surface area contributed by atoms with Crippen molar-refractivity contribution in [2.45, 2.75) is 85.5 Å². The Labute approximate surface area is 183 Å². The van der Waals surface area contributed by atoms with E-state index in [9.17, 15) is 4.79 Å². The zero-order valence-electron chi connectivity index (χ0n) is 19.6. The van der Waals surface area contributed by atoms with Gasteiger partial charge in [-0.2, -0.15) is 0 Å². The van der Waals surface area contributed by atoms with E-state index in [1.54, 1.807) is 5.57 Å². The summed E-state index contributed by atoms with van der Waals surface area (Å²) in [6, 6.07) is 0. The van der Waals surface area contributed by atoms with Crippen molar-refractivity contribution in [3.05, 3.63) is 36.0 Å². The molecule has 2 heteroatoms. The molecule has 4 aliphatic rings. The zero-order valence-corrected chi connectivity index (χ0v) is 19.6. The third-order valence-electron chi connectivity index (χ3n) is 10.1. The lowest BCUT2D eigenvalue weighted by molar-refractivity contribution is -0.141. The van der Waals surface area contributed by atoms with Crippen LogP contribution in [-0.4, -0.2) is 11.1 Å². The Balaban J connectivity index is 1.47. The summed E-state index contributed by atoms with van der Waals surface area (Å²) in [5, 5.41) is 9.17. The van der Waals surface area contributed by atoms with Crippen LogP contribution in [0.15, 0.2) is 36.0 Å². The SMILES string of the molecule is C=C1C=C2C=CC3C(CCC4(C)C(C(C)CCCC(C)C(=O)O)CCC34)C2(C)CC1. The highest BCUT2D eigenvalue weighted by molar-refractivity contribution is 5.69. The van der Waals surface area contributed by atoms with Crippen LogP contribution in [0.4, 0.5) is 0 Å². The molecule has 0 heterocycles. The first-order valence-electron chi connectivity index (χ1n) is 12.5. The van der Waals surface area contributed by atoms with Crippen LogP contribution in [0.2, 0.25) is 0 Å². The molecule has 0 aromatic heterocycles. The minimum atomic E-state index is -0.647. The smallest absolute Gasteiger partial charge is 0.306 e. The number of hydrogen-bond donors (Lipinski definition) is 1. The Bertz CT molecular complexity index is 761. The van der Waals surface area contributed by atoms with E-state index in [-0.39, 0.29) is 5.92 Å². The van der Waals surface area contributed by atoms with Gasteiger partial charge in [-0.25, -0.2) is 0 Å². The van der Waals surface area contributed by atoms with E-state index in [0.29, 0.717) is 16.7 Å². The summed E-state index contributed by atoms with van der Waals surface area (Å²) in [5.41, 5.74) is 3.65. The lowest BCUT2D eigenvalue weighted by Crippen LogP contribution is -2.49. The van der Waals surface area contributed by atoms with Gasteiger partial charge in [0.05, 0.1) is 5.92 Å². The van der Waals surface area contributed by atoms with E-state index < -0.39 is 5.97 Å². The molecule has 2 nitrogen and oxygen atoms in total. The van der Waals surface area contributed by atoms with Crippen LogP contribution in [0.5, 0.6) is 0 Å². The molecule has 2 saturated carbocycles. The van der Waals surface area contributed by atoms with Gasteiger partial charge in [0.15, 0.2) is 0 Å². The summed E-state index contributed by atoms with van der Waals surface area (Å²) in [4.78, 5) is 11.1. The van der Waals surface area contributed by atoms with Gasteiger partial charge in [-0.15, -0.1) is 0 Å². The van der Waals surface area contributed by atoms with Crippen molar-refractivity contribution in [2.75, 3.05) is 0 Å². The van der Waals surface area contributed by atoms with Crippen molar-refractivity contribution in [1.82, 2.24) is 0 Å². The van der Waals surface area contributed by atoms with Gasteiger partial charge in [0, 0.05) is 0 Å². The van der Waals surface area contributed by atoms with Crippen molar-refractivity contribution < 1.29 is 9.90 Å². The van der Waals surface area contributed by atoms with E-state index in [1.807, 2.05) is 6.92 Å². The molecule has 0 amide bonds. The van der Waals surface area contributed by atoms with Crippen LogP contribution in [-0.2, 0) is 4.79 Å². The zero-order chi connectivity index (χ0) is 21.7. The maximum absolute atomic E-state index is 11.1. The highest BCUT2D eigenvalue weighted by atomic mass is 16.4. The summed E-state index contributed by atoms with van der Waals surface area (Å²) >= 11 is 0. The molecule has 4 aliphatic carbocycles. The molecule has 0 spiro atoms. The van der Waals surface area contributed by atoms with Crippen LogP contribution < -0.4 is 0 Å². The first kappa shape index (κ1) is 21.9. The fourth-order valence-electron chi connectivity index (χ4n) is 8.13. The Morgan fingerprint density at radius 1 is 1.17 bits per heavy atom. The van der Waals surface area contributed by atoms with Gasteiger partial charge in [-0.3, -0.25) is 4.79 Å². The Hall–Kier alpha value is -1.31. The van der Waals surface area contributed by atoms with Crippen molar-refractivity contribution in [3.8, 4) is 0 Å². The average molecular weight is 411 g/mol. The van der Waals surface area contributed by atoms with Crippen LogP contribution in [0.25, 0.3) is 0 Å². The van der Waals surface area contributed by atoms with Gasteiger partial charge in [-0.1, -0.05) is 70.9 Å². The maximum atomic E-state index is 11.1. The van der Waals surface area contributed by atoms with E-state index in [2.05, 4.69) is 45.6 Å². The molecule has 2 fully saturated rings. The van der Waals surface area contributed by atoms with Crippen molar-refractivity contribution in [2.24, 2.45) is 46.3 Å². The molecule has 30 heavy (non-hydrogen) atoms. The molecular formula is C28H42O2. The second-order valence-corrected chi connectivity index (χ2v) is 11.7.